The van der Waals surface area contributed by atoms with Gasteiger partial charge in [-0.25, -0.2) is 9.59 Å². The lowest BCUT2D eigenvalue weighted by atomic mass is 10.1. The van der Waals surface area contributed by atoms with E-state index >= 15 is 0 Å². The topological polar surface area (TPSA) is 111 Å². The third kappa shape index (κ3) is 22.8. The van der Waals surface area contributed by atoms with Crippen LogP contribution < -0.4 is 10.6 Å². The number of esters is 2. The van der Waals surface area contributed by atoms with Gasteiger partial charge in [0, 0.05) is 37.4 Å². The second kappa shape index (κ2) is 21.4. The third-order valence-corrected chi connectivity index (χ3v) is 4.96. The molecular weight excluding hydrogens is 484 g/mol. The van der Waals surface area contributed by atoms with E-state index in [1.807, 2.05) is 53.7 Å². The normalized spacial score (nSPS) is 11.7. The van der Waals surface area contributed by atoms with Crippen LogP contribution >= 0.6 is 0 Å². The largest absolute Gasteiger partial charge is 0.458 e. The van der Waals surface area contributed by atoms with E-state index in [1.165, 1.54) is 11.1 Å². The van der Waals surface area contributed by atoms with Gasteiger partial charge in [-0.05, 0) is 79.4 Å². The van der Waals surface area contributed by atoms with Crippen molar-refractivity contribution >= 4 is 23.8 Å². The van der Waals surface area contributed by atoms with Crippen LogP contribution in [-0.4, -0.2) is 50.1 Å². The summed E-state index contributed by atoms with van der Waals surface area (Å²) >= 11 is 0. The van der Waals surface area contributed by atoms with E-state index in [9.17, 15) is 19.2 Å². The first-order chi connectivity index (χ1) is 18.0. The first-order valence-corrected chi connectivity index (χ1v) is 12.8. The number of rotatable bonds is 17. The second-order valence-electron chi connectivity index (χ2n) is 9.25. The summed E-state index contributed by atoms with van der Waals surface area (Å²) in [7, 11) is 0. The number of ether oxygens (including phenoxy) is 2. The smallest absolute Gasteiger partial charge is 0.331 e. The van der Waals surface area contributed by atoms with Crippen molar-refractivity contribution in [2.24, 2.45) is 0 Å². The fraction of sp³-hybridized carbons (Fsp3) is 0.467. The Bertz CT molecular complexity index is 881. The lowest BCUT2D eigenvalue weighted by Gasteiger charge is -2.03. The first-order valence-electron chi connectivity index (χ1n) is 12.8. The van der Waals surface area contributed by atoms with Crippen LogP contribution in [0.3, 0.4) is 0 Å². The molecule has 0 radical (unpaired) electrons. The number of allylic oxidation sites excluding steroid dienone is 6. The molecule has 0 atom stereocenters. The van der Waals surface area contributed by atoms with Crippen LogP contribution in [0.25, 0.3) is 0 Å². The summed E-state index contributed by atoms with van der Waals surface area (Å²) in [6, 6.07) is 0. The monoisotopic (exact) mass is 528 g/mol. The van der Waals surface area contributed by atoms with Gasteiger partial charge in [-0.1, -0.05) is 34.4 Å². The minimum atomic E-state index is -0.617. The Morgan fingerprint density at radius 3 is 1.26 bits per heavy atom. The fourth-order valence-electron chi connectivity index (χ4n) is 2.79. The maximum Gasteiger partial charge on any atom is 0.331 e. The van der Waals surface area contributed by atoms with Crippen LogP contribution in [0.2, 0.25) is 0 Å². The van der Waals surface area contributed by atoms with Gasteiger partial charge in [-0.15, -0.1) is 0 Å². The molecule has 0 aromatic carbocycles. The quantitative estimate of drug-likeness (QED) is 0.121. The van der Waals surface area contributed by atoms with Crippen LogP contribution in [0, 0.1) is 0 Å². The third-order valence-electron chi connectivity index (χ3n) is 4.96. The molecular formula is C30H44N2O6. The van der Waals surface area contributed by atoms with Gasteiger partial charge < -0.3 is 20.1 Å². The van der Waals surface area contributed by atoms with Gasteiger partial charge in [0.05, 0.1) is 0 Å². The molecule has 0 unspecified atom stereocenters. The first kappa shape index (κ1) is 34.3. The van der Waals surface area contributed by atoms with Crippen molar-refractivity contribution in [3.05, 3.63) is 70.9 Å². The lowest BCUT2D eigenvalue weighted by molar-refractivity contribution is -0.137. The maximum atomic E-state index is 11.8. The van der Waals surface area contributed by atoms with Gasteiger partial charge in [0.25, 0.3) is 0 Å². The highest BCUT2D eigenvalue weighted by molar-refractivity contribution is 5.95. The number of hydrogen-bond acceptors (Lipinski definition) is 6. The molecule has 0 aliphatic rings. The predicted octanol–water partition coefficient (Wildman–Crippen LogP) is 4.80. The zero-order chi connectivity index (χ0) is 28.8. The summed E-state index contributed by atoms with van der Waals surface area (Å²) in [5.74, 6) is -2.22. The van der Waals surface area contributed by atoms with E-state index < -0.39 is 23.8 Å². The van der Waals surface area contributed by atoms with E-state index in [0.29, 0.717) is 0 Å². The zero-order valence-corrected chi connectivity index (χ0v) is 23.7. The van der Waals surface area contributed by atoms with Crippen molar-refractivity contribution in [3.8, 4) is 0 Å². The van der Waals surface area contributed by atoms with Crippen molar-refractivity contribution in [2.45, 2.75) is 67.2 Å². The number of hydrogen-bond donors (Lipinski definition) is 2. The Morgan fingerprint density at radius 2 is 0.921 bits per heavy atom. The Morgan fingerprint density at radius 1 is 0.553 bits per heavy atom. The molecule has 210 valence electrons. The lowest BCUT2D eigenvalue weighted by Crippen LogP contribution is -2.33. The molecule has 0 aliphatic heterocycles. The van der Waals surface area contributed by atoms with Crippen LogP contribution in [0.4, 0.5) is 0 Å². The predicted molar refractivity (Wildman–Crippen MR) is 151 cm³/mol. The number of carbonyl (C=O) groups is 4. The van der Waals surface area contributed by atoms with Crippen LogP contribution in [-0.2, 0) is 28.7 Å². The van der Waals surface area contributed by atoms with Crippen LogP contribution in [0.15, 0.2) is 70.9 Å². The molecule has 8 heteroatoms. The summed E-state index contributed by atoms with van der Waals surface area (Å²) in [6.45, 7) is 12.7. The van der Waals surface area contributed by atoms with Crippen molar-refractivity contribution in [1.82, 2.24) is 10.6 Å². The average molecular weight is 529 g/mol. The Kier molecular flexibility index (Phi) is 19.3. The standard InChI is InChI=1S/C30H44N2O6/c1-23(2)9-7-11-25(5)17-21-37-29(35)15-13-27(33)31-19-20-32-28(34)14-16-30(36)38-22-18-26(6)12-8-10-24(3)4/h9-10,13-18H,7-8,11-12,19-22H2,1-6H3,(H,31,33)(H,32,34). The van der Waals surface area contributed by atoms with E-state index in [-0.39, 0.29) is 26.3 Å². The highest BCUT2D eigenvalue weighted by atomic mass is 16.5. The molecule has 0 saturated carbocycles. The van der Waals surface area contributed by atoms with Gasteiger partial charge >= 0.3 is 11.9 Å². The number of amides is 2. The molecule has 0 rings (SSSR count). The van der Waals surface area contributed by atoms with Crippen molar-refractivity contribution in [1.29, 1.82) is 0 Å². The molecule has 0 spiro atoms. The summed E-state index contributed by atoms with van der Waals surface area (Å²) < 4.78 is 10.1. The summed E-state index contributed by atoms with van der Waals surface area (Å²) in [4.78, 5) is 47.0. The van der Waals surface area contributed by atoms with Gasteiger partial charge in [-0.2, -0.15) is 0 Å². The van der Waals surface area contributed by atoms with E-state index in [2.05, 4.69) is 22.8 Å². The number of nitrogens with one attached hydrogen (secondary N) is 2. The van der Waals surface area contributed by atoms with Crippen molar-refractivity contribution in [2.75, 3.05) is 26.3 Å². The molecule has 0 bridgehead atoms. The SMILES string of the molecule is CC(C)=CCCC(C)=CCOC(=O)C=CC(=O)NCCNC(=O)C=CC(=O)OCC=C(C)CCC=C(C)C. The summed E-state index contributed by atoms with van der Waals surface area (Å²) in [5, 5.41) is 5.06. The molecule has 0 heterocycles. The molecule has 0 fully saturated rings. The maximum absolute atomic E-state index is 11.8. The highest BCUT2D eigenvalue weighted by Crippen LogP contribution is 2.07. The van der Waals surface area contributed by atoms with Crippen LogP contribution in [0.5, 0.6) is 0 Å². The molecule has 0 aliphatic carbocycles. The minimum Gasteiger partial charge on any atom is -0.458 e. The Balaban J connectivity index is 4.07. The zero-order valence-electron chi connectivity index (χ0n) is 23.7. The Hall–Kier alpha value is -3.68. The minimum absolute atomic E-state index is 0.144. The highest BCUT2D eigenvalue weighted by Gasteiger charge is 2.02. The number of carbonyl (C=O) groups excluding carboxylic acids is 4. The van der Waals surface area contributed by atoms with Crippen molar-refractivity contribution < 1.29 is 28.7 Å². The van der Waals surface area contributed by atoms with Crippen LogP contribution in [0.1, 0.15) is 67.2 Å². The van der Waals surface area contributed by atoms with E-state index in [1.54, 1.807) is 0 Å². The Labute approximate surface area is 227 Å². The van der Waals surface area contributed by atoms with Gasteiger partial charge in [-0.3, -0.25) is 9.59 Å². The second-order valence-corrected chi connectivity index (χ2v) is 9.25. The molecule has 0 aromatic heterocycles. The molecule has 2 amide bonds. The molecule has 2 N–H and O–H groups in total. The van der Waals surface area contributed by atoms with Gasteiger partial charge in [0.1, 0.15) is 13.2 Å². The van der Waals surface area contributed by atoms with E-state index in [0.717, 1.165) is 61.1 Å². The molecule has 0 saturated heterocycles. The van der Waals surface area contributed by atoms with Gasteiger partial charge in [0.15, 0.2) is 0 Å². The molecule has 0 aromatic rings. The molecule has 38 heavy (non-hydrogen) atoms. The molecule has 8 nitrogen and oxygen atoms in total. The van der Waals surface area contributed by atoms with E-state index in [4.69, 9.17) is 9.47 Å². The van der Waals surface area contributed by atoms with Gasteiger partial charge in [0.2, 0.25) is 11.8 Å². The summed E-state index contributed by atoms with van der Waals surface area (Å²) in [5.41, 5.74) is 4.78. The fourth-order valence-corrected chi connectivity index (χ4v) is 2.79. The summed E-state index contributed by atoms with van der Waals surface area (Å²) in [6.07, 6.45) is 15.9. The average Bonchev–Trinajstić information content (AvgIpc) is 2.83. The van der Waals surface area contributed by atoms with Crippen molar-refractivity contribution in [3.63, 3.8) is 0 Å².